The summed E-state index contributed by atoms with van der Waals surface area (Å²) in [4.78, 5) is 21.6. The van der Waals surface area contributed by atoms with Crippen LogP contribution in [0.25, 0.3) is 5.78 Å². The fourth-order valence-corrected chi connectivity index (χ4v) is 3.45. The number of nitrogens with zero attached hydrogens (tertiary/aromatic N) is 8. The van der Waals surface area contributed by atoms with Gasteiger partial charge in [0, 0.05) is 45.6 Å². The summed E-state index contributed by atoms with van der Waals surface area (Å²) in [5, 5.41) is 4.33. The summed E-state index contributed by atoms with van der Waals surface area (Å²) < 4.78 is 7.04. The molecule has 0 radical (unpaired) electrons. The van der Waals surface area contributed by atoms with E-state index in [4.69, 9.17) is 4.74 Å². The lowest BCUT2D eigenvalue weighted by Crippen LogP contribution is -2.44. The number of hydrogen-bond donors (Lipinski definition) is 0. The molecule has 9 nitrogen and oxygen atoms in total. The van der Waals surface area contributed by atoms with E-state index in [0.29, 0.717) is 18.4 Å². The molecule has 0 aromatic carbocycles. The van der Waals surface area contributed by atoms with Crippen LogP contribution in [0.4, 0.5) is 11.6 Å². The molecule has 0 amide bonds. The third-order valence-electron chi connectivity index (χ3n) is 4.84. The smallest absolute Gasteiger partial charge is 0.254 e. The standard InChI is InChI=1S/C17H22N8O/c1-23(15-3-6-18-11-19-15)14-4-7-24(8-5-14)16-9-13(10-26-2)22-17-20-12-21-25(16)17/h3,6,9,11-12,14H,4-5,7-8,10H2,1-2H3. The average Bonchev–Trinajstić information content (AvgIpc) is 3.16. The molecule has 26 heavy (non-hydrogen) atoms. The molecule has 0 atom stereocenters. The third kappa shape index (κ3) is 3.17. The Morgan fingerprint density at radius 3 is 2.81 bits per heavy atom. The van der Waals surface area contributed by atoms with E-state index < -0.39 is 0 Å². The minimum atomic E-state index is 0.452. The van der Waals surface area contributed by atoms with Crippen LogP contribution in [-0.2, 0) is 11.3 Å². The summed E-state index contributed by atoms with van der Waals surface area (Å²) in [6, 6.07) is 4.44. The zero-order valence-electron chi connectivity index (χ0n) is 15.0. The maximum atomic E-state index is 5.24. The van der Waals surface area contributed by atoms with Crippen molar-refractivity contribution in [2.45, 2.75) is 25.5 Å². The molecule has 3 aromatic heterocycles. The second-order valence-electron chi connectivity index (χ2n) is 6.41. The quantitative estimate of drug-likeness (QED) is 0.675. The van der Waals surface area contributed by atoms with Gasteiger partial charge >= 0.3 is 0 Å². The highest BCUT2D eigenvalue weighted by molar-refractivity contribution is 5.48. The largest absolute Gasteiger partial charge is 0.378 e. The van der Waals surface area contributed by atoms with Gasteiger partial charge in [-0.3, -0.25) is 0 Å². The molecule has 4 heterocycles. The molecule has 0 aliphatic carbocycles. The van der Waals surface area contributed by atoms with Gasteiger partial charge in [0.25, 0.3) is 5.78 Å². The predicted molar refractivity (Wildman–Crippen MR) is 97.2 cm³/mol. The van der Waals surface area contributed by atoms with Crippen LogP contribution < -0.4 is 9.80 Å². The summed E-state index contributed by atoms with van der Waals surface area (Å²) in [5.41, 5.74) is 0.864. The Labute approximate surface area is 151 Å². The lowest BCUT2D eigenvalue weighted by molar-refractivity contribution is 0.181. The van der Waals surface area contributed by atoms with E-state index in [1.807, 2.05) is 12.1 Å². The van der Waals surface area contributed by atoms with Crippen molar-refractivity contribution >= 4 is 17.4 Å². The number of anilines is 2. The van der Waals surface area contributed by atoms with E-state index in [0.717, 1.165) is 43.3 Å². The van der Waals surface area contributed by atoms with Crippen LogP contribution in [0, 0.1) is 0 Å². The molecule has 3 aromatic rings. The number of fused-ring (bicyclic) bond motifs is 1. The van der Waals surface area contributed by atoms with Gasteiger partial charge < -0.3 is 14.5 Å². The first kappa shape index (κ1) is 16.6. The Hall–Kier alpha value is -2.81. The summed E-state index contributed by atoms with van der Waals surface area (Å²) in [7, 11) is 3.77. The van der Waals surface area contributed by atoms with Crippen molar-refractivity contribution in [2.24, 2.45) is 0 Å². The normalized spacial score (nSPS) is 15.5. The molecule has 136 valence electrons. The third-order valence-corrected chi connectivity index (χ3v) is 4.84. The summed E-state index contributed by atoms with van der Waals surface area (Å²) in [6.07, 6.45) is 7.00. The zero-order valence-corrected chi connectivity index (χ0v) is 15.0. The first-order chi connectivity index (χ1) is 12.8. The highest BCUT2D eigenvalue weighted by Gasteiger charge is 2.25. The molecular formula is C17H22N8O. The van der Waals surface area contributed by atoms with Crippen LogP contribution in [-0.4, -0.2) is 62.8 Å². The molecule has 1 aliphatic rings. The van der Waals surface area contributed by atoms with Crippen molar-refractivity contribution in [3.8, 4) is 0 Å². The Kier molecular flexibility index (Phi) is 4.61. The van der Waals surface area contributed by atoms with E-state index in [9.17, 15) is 0 Å². The van der Waals surface area contributed by atoms with Crippen molar-refractivity contribution < 1.29 is 4.74 Å². The SMILES string of the molecule is COCc1cc(N2CCC(N(C)c3ccncn3)CC2)n2ncnc2n1. The van der Waals surface area contributed by atoms with Crippen LogP contribution in [0.15, 0.2) is 31.0 Å². The Morgan fingerprint density at radius 1 is 1.23 bits per heavy atom. The Morgan fingerprint density at radius 2 is 2.08 bits per heavy atom. The van der Waals surface area contributed by atoms with Crippen molar-refractivity contribution in [1.82, 2.24) is 29.5 Å². The summed E-state index contributed by atoms with van der Waals surface area (Å²) in [6.45, 7) is 2.33. The van der Waals surface area contributed by atoms with Gasteiger partial charge in [0.05, 0.1) is 12.3 Å². The number of aromatic nitrogens is 6. The monoisotopic (exact) mass is 354 g/mol. The summed E-state index contributed by atoms with van der Waals surface area (Å²) >= 11 is 0. The van der Waals surface area contributed by atoms with Crippen molar-refractivity contribution in [1.29, 1.82) is 0 Å². The highest BCUT2D eigenvalue weighted by atomic mass is 16.5. The van der Waals surface area contributed by atoms with Crippen molar-refractivity contribution in [3.05, 3.63) is 36.7 Å². The van der Waals surface area contributed by atoms with Crippen LogP contribution >= 0.6 is 0 Å². The minimum absolute atomic E-state index is 0.452. The lowest BCUT2D eigenvalue weighted by Gasteiger charge is -2.38. The summed E-state index contributed by atoms with van der Waals surface area (Å²) in [5.74, 6) is 2.58. The topological polar surface area (TPSA) is 84.6 Å². The van der Waals surface area contributed by atoms with Crippen LogP contribution in [0.1, 0.15) is 18.5 Å². The molecule has 0 unspecified atom stereocenters. The first-order valence-electron chi connectivity index (χ1n) is 8.68. The van der Waals surface area contributed by atoms with Gasteiger partial charge in [0.1, 0.15) is 24.3 Å². The van der Waals surface area contributed by atoms with Crippen molar-refractivity contribution in [3.63, 3.8) is 0 Å². The molecule has 0 bridgehead atoms. The molecule has 9 heteroatoms. The number of ether oxygens (including phenoxy) is 1. The van der Waals surface area contributed by atoms with E-state index in [1.54, 1.807) is 24.1 Å². The fourth-order valence-electron chi connectivity index (χ4n) is 3.45. The van der Waals surface area contributed by atoms with Gasteiger partial charge in [-0.05, 0) is 18.9 Å². The van der Waals surface area contributed by atoms with E-state index in [-0.39, 0.29) is 0 Å². The van der Waals surface area contributed by atoms with Crippen molar-refractivity contribution in [2.75, 3.05) is 37.0 Å². The zero-order chi connectivity index (χ0) is 17.9. The highest BCUT2D eigenvalue weighted by Crippen LogP contribution is 2.25. The molecular weight excluding hydrogens is 332 g/mol. The van der Waals surface area contributed by atoms with Gasteiger partial charge in [-0.15, -0.1) is 0 Å². The van der Waals surface area contributed by atoms with Gasteiger partial charge in [-0.2, -0.15) is 14.6 Å². The maximum Gasteiger partial charge on any atom is 0.254 e. The number of hydrogen-bond acceptors (Lipinski definition) is 8. The second-order valence-corrected chi connectivity index (χ2v) is 6.41. The number of rotatable bonds is 5. The molecule has 4 rings (SSSR count). The van der Waals surface area contributed by atoms with E-state index >= 15 is 0 Å². The Balaban J connectivity index is 1.51. The predicted octanol–water partition coefficient (Wildman–Crippen LogP) is 1.17. The molecule has 0 saturated carbocycles. The lowest BCUT2D eigenvalue weighted by atomic mass is 10.0. The molecule has 1 aliphatic heterocycles. The molecule has 1 fully saturated rings. The van der Waals surface area contributed by atoms with E-state index in [2.05, 4.69) is 41.9 Å². The molecule has 0 spiro atoms. The molecule has 1 saturated heterocycles. The van der Waals surface area contributed by atoms with Gasteiger partial charge in [-0.1, -0.05) is 0 Å². The molecule has 0 N–H and O–H groups in total. The van der Waals surface area contributed by atoms with Gasteiger partial charge in [0.15, 0.2) is 0 Å². The minimum Gasteiger partial charge on any atom is -0.378 e. The van der Waals surface area contributed by atoms with Crippen LogP contribution in [0.2, 0.25) is 0 Å². The van der Waals surface area contributed by atoms with Crippen LogP contribution in [0.5, 0.6) is 0 Å². The van der Waals surface area contributed by atoms with Gasteiger partial charge in [-0.25, -0.2) is 15.0 Å². The first-order valence-corrected chi connectivity index (χ1v) is 8.68. The maximum absolute atomic E-state index is 5.24. The Bertz CT molecular complexity index is 860. The number of methoxy groups -OCH3 is 1. The van der Waals surface area contributed by atoms with Crippen LogP contribution in [0.3, 0.4) is 0 Å². The average molecular weight is 354 g/mol. The fraction of sp³-hybridized carbons (Fsp3) is 0.471. The number of piperidine rings is 1. The second kappa shape index (κ2) is 7.20. The van der Waals surface area contributed by atoms with Gasteiger partial charge in [0.2, 0.25) is 0 Å². The van der Waals surface area contributed by atoms with E-state index in [1.165, 1.54) is 6.33 Å².